The van der Waals surface area contributed by atoms with Gasteiger partial charge in [0.1, 0.15) is 11.6 Å². The third-order valence-corrected chi connectivity index (χ3v) is 4.92. The number of hydrogen-bond acceptors (Lipinski definition) is 6. The highest BCUT2D eigenvalue weighted by Gasteiger charge is 2.23. The molecule has 3 heterocycles. The van der Waals surface area contributed by atoms with Crippen LogP contribution in [0.1, 0.15) is 44.1 Å². The van der Waals surface area contributed by atoms with Crippen LogP contribution in [0.4, 0.5) is 11.5 Å². The average Bonchev–Trinajstić information content (AvgIpc) is 3.09. The number of aryl methyl sites for hydroxylation is 1. The molecule has 4 rings (SSSR count). The molecule has 0 saturated carbocycles. The number of piperidine rings is 1. The summed E-state index contributed by atoms with van der Waals surface area (Å²) in [4.78, 5) is 11.6. The maximum absolute atomic E-state index is 5.48. The number of aromatic nitrogens is 2. The normalized spacial score (nSPS) is 19.1. The minimum atomic E-state index is 0.307. The zero-order valence-electron chi connectivity index (χ0n) is 15.7. The molecule has 1 atom stereocenters. The molecule has 0 amide bonds. The lowest BCUT2D eigenvalue weighted by molar-refractivity contribution is 0.174. The summed E-state index contributed by atoms with van der Waals surface area (Å²) in [7, 11) is 0. The topological polar surface area (TPSA) is 59.5 Å². The molecule has 1 fully saturated rings. The van der Waals surface area contributed by atoms with Gasteiger partial charge >= 0.3 is 0 Å². The van der Waals surface area contributed by atoms with Crippen molar-refractivity contribution in [3.05, 3.63) is 35.8 Å². The van der Waals surface area contributed by atoms with Crippen LogP contribution >= 0.6 is 0 Å². The molecule has 1 unspecified atom stereocenters. The number of fused-ring (bicyclic) bond motifs is 1. The summed E-state index contributed by atoms with van der Waals surface area (Å²) in [6, 6.07) is 8.56. The van der Waals surface area contributed by atoms with Gasteiger partial charge in [-0.2, -0.15) is 0 Å². The maximum Gasteiger partial charge on any atom is 0.231 e. The van der Waals surface area contributed by atoms with Gasteiger partial charge < -0.3 is 19.7 Å². The van der Waals surface area contributed by atoms with Crippen molar-refractivity contribution >= 4 is 11.5 Å². The number of ether oxygens (including phenoxy) is 2. The molecular formula is C20H26N4O2. The van der Waals surface area contributed by atoms with Crippen LogP contribution in [0.25, 0.3) is 0 Å². The zero-order chi connectivity index (χ0) is 18.1. The summed E-state index contributed by atoms with van der Waals surface area (Å²) in [5.74, 6) is 3.92. The van der Waals surface area contributed by atoms with Crippen molar-refractivity contribution in [1.82, 2.24) is 9.97 Å². The Kier molecular flexibility index (Phi) is 4.57. The first-order valence-corrected chi connectivity index (χ1v) is 9.35. The Morgan fingerprint density at radius 1 is 1.15 bits per heavy atom. The van der Waals surface area contributed by atoms with Crippen molar-refractivity contribution in [1.29, 1.82) is 0 Å². The summed E-state index contributed by atoms with van der Waals surface area (Å²) in [5, 5.41) is 3.64. The van der Waals surface area contributed by atoms with Gasteiger partial charge in [-0.3, -0.25) is 0 Å². The van der Waals surface area contributed by atoms with Crippen molar-refractivity contribution in [2.75, 3.05) is 30.1 Å². The van der Waals surface area contributed by atoms with Gasteiger partial charge in [-0.1, -0.05) is 13.8 Å². The number of hydrogen-bond donors (Lipinski definition) is 1. The van der Waals surface area contributed by atoms with Crippen molar-refractivity contribution in [2.24, 2.45) is 0 Å². The van der Waals surface area contributed by atoms with E-state index in [-0.39, 0.29) is 0 Å². The van der Waals surface area contributed by atoms with Gasteiger partial charge in [0.05, 0.1) is 0 Å². The molecule has 0 aliphatic carbocycles. The van der Waals surface area contributed by atoms with Gasteiger partial charge in [-0.15, -0.1) is 0 Å². The molecule has 26 heavy (non-hydrogen) atoms. The number of nitrogens with zero attached hydrogens (tertiary/aromatic N) is 3. The van der Waals surface area contributed by atoms with Crippen LogP contribution in [0.2, 0.25) is 0 Å². The molecule has 2 aromatic rings. The largest absolute Gasteiger partial charge is 0.454 e. The number of anilines is 2. The summed E-state index contributed by atoms with van der Waals surface area (Å²) < 4.78 is 10.9. The van der Waals surface area contributed by atoms with Gasteiger partial charge in [0.15, 0.2) is 11.5 Å². The smallest absolute Gasteiger partial charge is 0.231 e. The van der Waals surface area contributed by atoms with Gasteiger partial charge in [0, 0.05) is 42.6 Å². The van der Waals surface area contributed by atoms with E-state index in [9.17, 15) is 0 Å². The molecule has 1 saturated heterocycles. The van der Waals surface area contributed by atoms with Crippen molar-refractivity contribution in [3.63, 3.8) is 0 Å². The van der Waals surface area contributed by atoms with Crippen molar-refractivity contribution < 1.29 is 9.47 Å². The Labute approximate surface area is 154 Å². The third kappa shape index (κ3) is 3.54. The predicted molar refractivity (Wildman–Crippen MR) is 102 cm³/mol. The van der Waals surface area contributed by atoms with Crippen LogP contribution in [-0.2, 0) is 0 Å². The van der Waals surface area contributed by atoms with Gasteiger partial charge in [0.2, 0.25) is 6.79 Å². The second kappa shape index (κ2) is 7.02. The summed E-state index contributed by atoms with van der Waals surface area (Å²) in [6.07, 6.45) is 2.29. The van der Waals surface area contributed by atoms with Gasteiger partial charge in [0.25, 0.3) is 0 Å². The lowest BCUT2D eigenvalue weighted by atomic mass is 10.0. The lowest BCUT2D eigenvalue weighted by Crippen LogP contribution is -2.42. The zero-order valence-corrected chi connectivity index (χ0v) is 15.7. The van der Waals surface area contributed by atoms with E-state index >= 15 is 0 Å². The summed E-state index contributed by atoms with van der Waals surface area (Å²) in [6.45, 7) is 8.59. The first kappa shape index (κ1) is 16.9. The monoisotopic (exact) mass is 354 g/mol. The Bertz CT molecular complexity index is 793. The Morgan fingerprint density at radius 2 is 2.00 bits per heavy atom. The Balaban J connectivity index is 1.47. The Hall–Kier alpha value is -2.50. The number of benzene rings is 1. The molecule has 1 aromatic heterocycles. The van der Waals surface area contributed by atoms with Crippen LogP contribution in [0.15, 0.2) is 24.3 Å². The van der Waals surface area contributed by atoms with E-state index in [1.807, 2.05) is 19.1 Å². The van der Waals surface area contributed by atoms with E-state index in [4.69, 9.17) is 9.47 Å². The van der Waals surface area contributed by atoms with Crippen molar-refractivity contribution in [3.8, 4) is 11.5 Å². The predicted octanol–water partition coefficient (Wildman–Crippen LogP) is 3.72. The van der Waals surface area contributed by atoms with Gasteiger partial charge in [-0.25, -0.2) is 9.97 Å². The van der Waals surface area contributed by atoms with E-state index in [0.717, 1.165) is 60.5 Å². The fourth-order valence-corrected chi connectivity index (χ4v) is 3.56. The highest BCUT2D eigenvalue weighted by atomic mass is 16.7. The van der Waals surface area contributed by atoms with E-state index < -0.39 is 0 Å². The standard InChI is InChI=1S/C20H26N4O2/c1-13(2)17-10-20(22-14(3)21-17)24-8-4-5-16(11-24)23-15-6-7-18-19(9-15)26-12-25-18/h6-7,9-10,13,16,23H,4-5,8,11-12H2,1-3H3. The first-order valence-electron chi connectivity index (χ1n) is 9.35. The highest BCUT2D eigenvalue weighted by Crippen LogP contribution is 2.34. The van der Waals surface area contributed by atoms with Gasteiger partial charge in [-0.05, 0) is 37.8 Å². The molecule has 0 spiro atoms. The maximum atomic E-state index is 5.48. The number of rotatable bonds is 4. The fourth-order valence-electron chi connectivity index (χ4n) is 3.56. The fraction of sp³-hybridized carbons (Fsp3) is 0.500. The minimum absolute atomic E-state index is 0.307. The molecule has 1 aromatic carbocycles. The quantitative estimate of drug-likeness (QED) is 0.903. The second-order valence-corrected chi connectivity index (χ2v) is 7.35. The first-order chi connectivity index (χ1) is 12.6. The van der Waals surface area contributed by atoms with Crippen LogP contribution in [0.3, 0.4) is 0 Å². The van der Waals surface area contributed by atoms with Crippen LogP contribution < -0.4 is 19.7 Å². The average molecular weight is 354 g/mol. The highest BCUT2D eigenvalue weighted by molar-refractivity contribution is 5.56. The molecule has 6 nitrogen and oxygen atoms in total. The number of nitrogens with one attached hydrogen (secondary N) is 1. The molecule has 1 N–H and O–H groups in total. The SMILES string of the molecule is Cc1nc(C(C)C)cc(N2CCCC(Nc3ccc4c(c3)OCO4)C2)n1. The second-order valence-electron chi connectivity index (χ2n) is 7.35. The van der Waals surface area contributed by atoms with E-state index in [0.29, 0.717) is 18.8 Å². The minimum Gasteiger partial charge on any atom is -0.454 e. The third-order valence-electron chi connectivity index (χ3n) is 4.92. The molecule has 6 heteroatoms. The molecular weight excluding hydrogens is 328 g/mol. The molecule has 2 aliphatic heterocycles. The van der Waals surface area contributed by atoms with Crippen LogP contribution in [-0.4, -0.2) is 35.9 Å². The molecule has 0 radical (unpaired) electrons. The molecule has 138 valence electrons. The van der Waals surface area contributed by atoms with E-state index in [2.05, 4.69) is 46.2 Å². The summed E-state index contributed by atoms with van der Waals surface area (Å²) >= 11 is 0. The van der Waals surface area contributed by atoms with E-state index in [1.165, 1.54) is 0 Å². The lowest BCUT2D eigenvalue weighted by Gasteiger charge is -2.34. The molecule has 2 aliphatic rings. The molecule has 0 bridgehead atoms. The van der Waals surface area contributed by atoms with Crippen molar-refractivity contribution in [2.45, 2.75) is 45.6 Å². The van der Waals surface area contributed by atoms with E-state index in [1.54, 1.807) is 0 Å². The summed E-state index contributed by atoms with van der Waals surface area (Å²) in [5.41, 5.74) is 2.18. The van der Waals surface area contributed by atoms with Crippen LogP contribution in [0, 0.1) is 6.92 Å². The van der Waals surface area contributed by atoms with Crippen LogP contribution in [0.5, 0.6) is 11.5 Å². The Morgan fingerprint density at radius 3 is 2.85 bits per heavy atom.